The van der Waals surface area contributed by atoms with Gasteiger partial charge in [-0.1, -0.05) is 343 Å². The van der Waals surface area contributed by atoms with Gasteiger partial charge in [-0.15, -0.1) is 0 Å². The number of hydrogen-bond acceptors (Lipinski definition) is 4. The van der Waals surface area contributed by atoms with E-state index in [1.807, 2.05) is 0 Å². The first-order valence-electron chi connectivity index (χ1n) is 39.2. The first kappa shape index (κ1) is 72.3. The highest BCUT2D eigenvalue weighted by Crippen LogP contribution is 2.65. The fourth-order valence-corrected chi connectivity index (χ4v) is 17.3. The standard InChI is InChI=1S/C105H104N2O2/c1-98(2,3)69-39-37-68(38-40-69)67-104(75-47-41-70(42-48-75)99(4,5)6,76-49-43-71(44-50-76)100(7,8)9)77-51-55-79(56-52-77)105(78-53-45-72(46-54-78)101(10,11)12)86-65-88(106(80-29-21-19-22-30-80)82-61-57-73(58-62-82)102(13,14)15)96-92(84-33-25-27-35-90(84)108-96)94(86)95-87(105)66-89(97-93(95)85-34-26-28-36-91(85)109-97)107(81-31-23-20-24-32-81)83-63-59-74(60-64-83)103(16,17)18/h19-66H,67H2,1-18H3. The highest BCUT2D eigenvalue weighted by Gasteiger charge is 2.51. The van der Waals surface area contributed by atoms with Crippen LogP contribution >= 0.6 is 0 Å². The van der Waals surface area contributed by atoms with Gasteiger partial charge in [0, 0.05) is 49.7 Å². The Balaban J connectivity index is 1.09. The van der Waals surface area contributed by atoms with Crippen LogP contribution in [-0.4, -0.2) is 0 Å². The van der Waals surface area contributed by atoms with E-state index in [-0.39, 0.29) is 32.5 Å². The second-order valence-corrected chi connectivity index (χ2v) is 37.0. The van der Waals surface area contributed by atoms with Crippen LogP contribution in [0.1, 0.15) is 203 Å². The van der Waals surface area contributed by atoms with Crippen LogP contribution in [0.25, 0.3) is 55.0 Å². The highest BCUT2D eigenvalue weighted by molar-refractivity contribution is 6.27. The monoisotopic (exact) mass is 1420 g/mol. The third-order valence-electron chi connectivity index (χ3n) is 23.6. The van der Waals surface area contributed by atoms with Crippen LogP contribution in [0.5, 0.6) is 0 Å². The molecule has 546 valence electrons. The van der Waals surface area contributed by atoms with Crippen LogP contribution in [0, 0.1) is 0 Å². The zero-order valence-electron chi connectivity index (χ0n) is 67.1. The van der Waals surface area contributed by atoms with Gasteiger partial charge in [0.15, 0.2) is 11.2 Å². The van der Waals surface area contributed by atoms with Crippen molar-refractivity contribution in [2.24, 2.45) is 0 Å². The minimum absolute atomic E-state index is 0.0128. The van der Waals surface area contributed by atoms with Crippen LogP contribution < -0.4 is 9.80 Å². The first-order valence-corrected chi connectivity index (χ1v) is 39.2. The minimum atomic E-state index is -1.06. The number of rotatable bonds is 13. The molecule has 16 rings (SSSR count). The third kappa shape index (κ3) is 12.6. The van der Waals surface area contributed by atoms with Gasteiger partial charge in [-0.05, 0) is 201 Å². The van der Waals surface area contributed by atoms with Crippen molar-refractivity contribution in [1.29, 1.82) is 0 Å². The van der Waals surface area contributed by atoms with Crippen molar-refractivity contribution in [2.75, 3.05) is 9.80 Å². The molecule has 109 heavy (non-hydrogen) atoms. The molecule has 0 bridgehead atoms. The number of nitrogens with zero attached hydrogens (tertiary/aromatic N) is 2. The van der Waals surface area contributed by atoms with Crippen molar-refractivity contribution in [3.8, 4) is 11.1 Å². The van der Waals surface area contributed by atoms with Crippen LogP contribution in [0.3, 0.4) is 0 Å². The molecule has 0 spiro atoms. The van der Waals surface area contributed by atoms with E-state index in [4.69, 9.17) is 8.83 Å². The molecule has 4 heteroatoms. The van der Waals surface area contributed by atoms with Gasteiger partial charge in [0.05, 0.1) is 16.8 Å². The molecule has 13 aromatic carbocycles. The maximum absolute atomic E-state index is 7.64. The zero-order valence-corrected chi connectivity index (χ0v) is 67.1. The summed E-state index contributed by atoms with van der Waals surface area (Å²) in [6.07, 6.45) is 0.716. The highest BCUT2D eigenvalue weighted by atomic mass is 16.3. The van der Waals surface area contributed by atoms with Crippen molar-refractivity contribution in [3.63, 3.8) is 0 Å². The summed E-state index contributed by atoms with van der Waals surface area (Å²) in [6, 6.07) is 111. The maximum Gasteiger partial charge on any atom is 0.160 e. The largest absolute Gasteiger partial charge is 0.454 e. The van der Waals surface area contributed by atoms with E-state index in [1.54, 1.807) is 0 Å². The Morgan fingerprint density at radius 2 is 0.523 bits per heavy atom. The fourth-order valence-electron chi connectivity index (χ4n) is 17.3. The Morgan fingerprint density at radius 1 is 0.266 bits per heavy atom. The smallest absolute Gasteiger partial charge is 0.160 e. The Hall–Kier alpha value is -10.9. The Morgan fingerprint density at radius 3 is 0.844 bits per heavy atom. The molecule has 15 aromatic rings. The molecular weight excluding hydrogens is 1320 g/mol. The van der Waals surface area contributed by atoms with Gasteiger partial charge >= 0.3 is 0 Å². The van der Waals surface area contributed by atoms with Crippen molar-refractivity contribution < 1.29 is 8.83 Å². The summed E-state index contributed by atoms with van der Waals surface area (Å²) in [4.78, 5) is 4.89. The quantitative estimate of drug-likeness (QED) is 0.108. The van der Waals surface area contributed by atoms with Gasteiger partial charge < -0.3 is 18.6 Å². The molecule has 0 atom stereocenters. The molecule has 4 nitrogen and oxygen atoms in total. The van der Waals surface area contributed by atoms with Crippen LogP contribution in [0.4, 0.5) is 34.1 Å². The van der Waals surface area contributed by atoms with Crippen molar-refractivity contribution >= 4 is 78.0 Å². The summed E-state index contributed by atoms with van der Waals surface area (Å²) in [5.41, 5.74) is 26.5. The minimum Gasteiger partial charge on any atom is -0.454 e. The van der Waals surface area contributed by atoms with E-state index in [0.29, 0.717) is 6.42 Å². The van der Waals surface area contributed by atoms with E-state index < -0.39 is 10.8 Å². The van der Waals surface area contributed by atoms with E-state index in [1.165, 1.54) is 55.6 Å². The Bertz CT molecular complexity index is 5570. The molecular formula is C105H104N2O2. The molecule has 0 fully saturated rings. The van der Waals surface area contributed by atoms with Crippen molar-refractivity contribution in [3.05, 3.63) is 369 Å². The van der Waals surface area contributed by atoms with Crippen LogP contribution in [0.15, 0.2) is 300 Å². The maximum atomic E-state index is 7.64. The predicted octanol–water partition coefficient (Wildman–Crippen LogP) is 29.2. The summed E-state index contributed by atoms with van der Waals surface area (Å²) in [7, 11) is 0. The molecule has 0 radical (unpaired) electrons. The van der Waals surface area contributed by atoms with Gasteiger partial charge in [-0.25, -0.2) is 0 Å². The lowest BCUT2D eigenvalue weighted by molar-refractivity contribution is 0.578. The molecule has 0 saturated carbocycles. The topological polar surface area (TPSA) is 32.8 Å². The van der Waals surface area contributed by atoms with Crippen molar-refractivity contribution in [1.82, 2.24) is 0 Å². The molecule has 0 N–H and O–H groups in total. The van der Waals surface area contributed by atoms with E-state index in [0.717, 1.165) is 111 Å². The Labute approximate surface area is 647 Å². The van der Waals surface area contributed by atoms with Gasteiger partial charge in [-0.2, -0.15) is 0 Å². The molecule has 2 heterocycles. The summed E-state index contributed by atoms with van der Waals surface area (Å²) >= 11 is 0. The Kier molecular flexibility index (Phi) is 17.5. The van der Waals surface area contributed by atoms with Crippen molar-refractivity contribution in [2.45, 2.75) is 174 Å². The van der Waals surface area contributed by atoms with Crippen LogP contribution in [-0.2, 0) is 49.7 Å². The summed E-state index contributed by atoms with van der Waals surface area (Å²) in [5.74, 6) is 0. The van der Waals surface area contributed by atoms with Gasteiger partial charge in [0.25, 0.3) is 0 Å². The molecule has 0 amide bonds. The lowest BCUT2D eigenvalue weighted by Gasteiger charge is -2.39. The number of para-hydroxylation sites is 4. The summed E-state index contributed by atoms with van der Waals surface area (Å²) in [6.45, 7) is 41.6. The van der Waals surface area contributed by atoms with Crippen LogP contribution in [0.2, 0.25) is 0 Å². The second-order valence-electron chi connectivity index (χ2n) is 37.0. The van der Waals surface area contributed by atoms with E-state index in [2.05, 4.69) is 426 Å². The number of fused-ring (bicyclic) bond motifs is 11. The number of benzene rings is 13. The molecule has 2 aromatic heterocycles. The number of anilines is 6. The SMILES string of the molecule is CC(C)(C)c1ccc(CC(c2ccc(C(C)(C)C)cc2)(c2ccc(C(C)(C)C)cc2)c2ccc(C3(c4ccc(C(C)(C)C)cc4)c4cc(N(c5ccccc5)c5ccc(C(C)(C)C)cc5)c5oc6ccccc6c5c4-c4c3cc(N(c3ccccc3)c3ccc(C(C)(C)C)cc3)c3oc5ccccc5c43)cc2)cc1. The second kappa shape index (κ2) is 26.4. The molecule has 0 aliphatic heterocycles. The predicted molar refractivity (Wildman–Crippen MR) is 463 cm³/mol. The zero-order chi connectivity index (χ0) is 76.5. The van der Waals surface area contributed by atoms with E-state index in [9.17, 15) is 0 Å². The molecule has 0 saturated heterocycles. The number of hydrogen-bond donors (Lipinski definition) is 0. The summed E-state index contributed by atoms with van der Waals surface area (Å²) in [5, 5.41) is 4.17. The molecule has 1 aliphatic rings. The number of furan rings is 2. The van der Waals surface area contributed by atoms with E-state index >= 15 is 0 Å². The van der Waals surface area contributed by atoms with Gasteiger partial charge in [0.2, 0.25) is 0 Å². The van der Waals surface area contributed by atoms with Gasteiger partial charge in [-0.3, -0.25) is 0 Å². The average molecular weight is 1430 g/mol. The fraction of sp³-hybridized carbons (Fsp3) is 0.257. The van der Waals surface area contributed by atoms with Gasteiger partial charge in [0.1, 0.15) is 11.2 Å². The lowest BCUT2D eigenvalue weighted by Crippen LogP contribution is -2.33. The normalized spacial score (nSPS) is 13.5. The molecule has 1 aliphatic carbocycles. The first-order chi connectivity index (χ1) is 51.8. The lowest BCUT2D eigenvalue weighted by atomic mass is 9.63. The molecule has 0 unspecified atom stereocenters. The third-order valence-corrected chi connectivity index (χ3v) is 23.6. The average Bonchev–Trinajstić information content (AvgIpc) is 1.51. The summed E-state index contributed by atoms with van der Waals surface area (Å²) < 4.78 is 15.3.